The first-order valence-electron chi connectivity index (χ1n) is 4.98. The molecule has 0 aromatic carbocycles. The number of nitrogens with zero attached hydrogens (tertiary/aromatic N) is 2. The molecule has 2 rings (SSSR count). The Hall–Kier alpha value is -1.60. The maximum absolute atomic E-state index is 8.81. The summed E-state index contributed by atoms with van der Waals surface area (Å²) < 4.78 is 10.9. The SMILES string of the molecule is N#Cc1cnccc1OCC1CCCO1. The lowest BCUT2D eigenvalue weighted by Crippen LogP contribution is -2.16. The predicted molar refractivity (Wildman–Crippen MR) is 53.4 cm³/mol. The first kappa shape index (κ1) is 9.94. The monoisotopic (exact) mass is 204 g/mol. The molecule has 0 spiro atoms. The quantitative estimate of drug-likeness (QED) is 0.748. The number of hydrogen-bond donors (Lipinski definition) is 0. The van der Waals surface area contributed by atoms with Gasteiger partial charge in [-0.05, 0) is 18.9 Å². The van der Waals surface area contributed by atoms with Gasteiger partial charge in [0.2, 0.25) is 0 Å². The van der Waals surface area contributed by atoms with Crippen molar-refractivity contribution in [1.82, 2.24) is 4.98 Å². The van der Waals surface area contributed by atoms with E-state index in [4.69, 9.17) is 14.7 Å². The number of pyridine rings is 1. The van der Waals surface area contributed by atoms with E-state index in [9.17, 15) is 0 Å². The maximum Gasteiger partial charge on any atom is 0.140 e. The van der Waals surface area contributed by atoms with Crippen molar-refractivity contribution >= 4 is 0 Å². The van der Waals surface area contributed by atoms with E-state index in [0.29, 0.717) is 17.9 Å². The van der Waals surface area contributed by atoms with Crippen LogP contribution in [-0.2, 0) is 4.74 Å². The summed E-state index contributed by atoms with van der Waals surface area (Å²) in [6.07, 6.45) is 5.42. The largest absolute Gasteiger partial charge is 0.489 e. The topological polar surface area (TPSA) is 55.1 Å². The Balaban J connectivity index is 1.95. The molecular weight excluding hydrogens is 192 g/mol. The van der Waals surface area contributed by atoms with E-state index < -0.39 is 0 Å². The smallest absolute Gasteiger partial charge is 0.140 e. The van der Waals surface area contributed by atoms with E-state index in [1.165, 1.54) is 6.20 Å². The van der Waals surface area contributed by atoms with Crippen LogP contribution >= 0.6 is 0 Å². The molecule has 15 heavy (non-hydrogen) atoms. The molecule has 1 aromatic heterocycles. The highest BCUT2D eigenvalue weighted by Crippen LogP contribution is 2.18. The van der Waals surface area contributed by atoms with Crippen LogP contribution in [-0.4, -0.2) is 24.3 Å². The Kier molecular flexibility index (Phi) is 3.15. The number of ether oxygens (including phenoxy) is 2. The normalized spacial score (nSPS) is 19.8. The van der Waals surface area contributed by atoms with Crippen molar-refractivity contribution in [3.8, 4) is 11.8 Å². The van der Waals surface area contributed by atoms with Crippen LogP contribution in [0.15, 0.2) is 18.5 Å². The molecule has 0 bridgehead atoms. The molecule has 1 aromatic rings. The third kappa shape index (κ3) is 2.45. The maximum atomic E-state index is 8.81. The van der Waals surface area contributed by atoms with Crippen LogP contribution in [0.5, 0.6) is 5.75 Å². The van der Waals surface area contributed by atoms with Gasteiger partial charge in [-0.3, -0.25) is 4.98 Å². The van der Waals surface area contributed by atoms with Crippen molar-refractivity contribution in [2.75, 3.05) is 13.2 Å². The van der Waals surface area contributed by atoms with Crippen LogP contribution in [0, 0.1) is 11.3 Å². The lowest BCUT2D eigenvalue weighted by molar-refractivity contribution is 0.0678. The molecule has 0 aliphatic carbocycles. The molecule has 2 heterocycles. The minimum atomic E-state index is 0.171. The highest BCUT2D eigenvalue weighted by atomic mass is 16.5. The van der Waals surface area contributed by atoms with Crippen molar-refractivity contribution in [3.63, 3.8) is 0 Å². The highest BCUT2D eigenvalue weighted by molar-refractivity contribution is 5.39. The van der Waals surface area contributed by atoms with Gasteiger partial charge in [-0.15, -0.1) is 0 Å². The Morgan fingerprint density at radius 2 is 2.60 bits per heavy atom. The van der Waals surface area contributed by atoms with E-state index in [2.05, 4.69) is 4.98 Å². The summed E-state index contributed by atoms with van der Waals surface area (Å²) in [5.41, 5.74) is 0.468. The number of rotatable bonds is 3. The minimum Gasteiger partial charge on any atom is -0.489 e. The van der Waals surface area contributed by atoms with Crippen molar-refractivity contribution < 1.29 is 9.47 Å². The van der Waals surface area contributed by atoms with Crippen molar-refractivity contribution in [1.29, 1.82) is 5.26 Å². The van der Waals surface area contributed by atoms with Crippen LogP contribution < -0.4 is 4.74 Å². The molecule has 1 fully saturated rings. The summed E-state index contributed by atoms with van der Waals surface area (Å²) in [7, 11) is 0. The minimum absolute atomic E-state index is 0.171. The average Bonchev–Trinajstić information content (AvgIpc) is 2.79. The van der Waals surface area contributed by atoms with E-state index in [1.54, 1.807) is 12.3 Å². The van der Waals surface area contributed by atoms with Gasteiger partial charge in [-0.25, -0.2) is 0 Å². The number of nitriles is 1. The summed E-state index contributed by atoms with van der Waals surface area (Å²) in [6.45, 7) is 1.33. The second kappa shape index (κ2) is 4.76. The first-order chi connectivity index (χ1) is 7.40. The Labute approximate surface area is 88.5 Å². The fourth-order valence-electron chi connectivity index (χ4n) is 1.55. The summed E-state index contributed by atoms with van der Waals surface area (Å²) in [6, 6.07) is 3.74. The van der Waals surface area contributed by atoms with Crippen LogP contribution in [0.1, 0.15) is 18.4 Å². The zero-order valence-electron chi connectivity index (χ0n) is 8.35. The third-order valence-electron chi connectivity index (χ3n) is 2.35. The fourth-order valence-corrected chi connectivity index (χ4v) is 1.55. The Morgan fingerprint density at radius 1 is 1.67 bits per heavy atom. The van der Waals surface area contributed by atoms with Gasteiger partial charge in [0, 0.05) is 19.0 Å². The van der Waals surface area contributed by atoms with E-state index in [1.807, 2.05) is 6.07 Å². The van der Waals surface area contributed by atoms with Crippen LogP contribution in [0.25, 0.3) is 0 Å². The van der Waals surface area contributed by atoms with Gasteiger partial charge in [0.1, 0.15) is 24.0 Å². The Bertz CT molecular complexity index is 367. The molecule has 1 unspecified atom stereocenters. The molecular formula is C11H12N2O2. The van der Waals surface area contributed by atoms with Gasteiger partial charge in [-0.2, -0.15) is 5.26 Å². The van der Waals surface area contributed by atoms with E-state index >= 15 is 0 Å². The van der Waals surface area contributed by atoms with Crippen molar-refractivity contribution in [2.24, 2.45) is 0 Å². The Morgan fingerprint density at radius 3 is 3.33 bits per heavy atom. The van der Waals surface area contributed by atoms with Gasteiger partial charge < -0.3 is 9.47 Å². The number of hydrogen-bond acceptors (Lipinski definition) is 4. The zero-order valence-corrected chi connectivity index (χ0v) is 8.35. The second-order valence-corrected chi connectivity index (χ2v) is 3.43. The fraction of sp³-hybridized carbons (Fsp3) is 0.455. The summed E-state index contributed by atoms with van der Waals surface area (Å²) >= 11 is 0. The van der Waals surface area contributed by atoms with Crippen molar-refractivity contribution in [2.45, 2.75) is 18.9 Å². The van der Waals surface area contributed by atoms with Gasteiger partial charge in [-0.1, -0.05) is 0 Å². The molecule has 0 saturated carbocycles. The van der Waals surface area contributed by atoms with Gasteiger partial charge in [0.25, 0.3) is 0 Å². The van der Waals surface area contributed by atoms with Gasteiger partial charge in [0.15, 0.2) is 0 Å². The molecule has 4 heteroatoms. The zero-order chi connectivity index (χ0) is 10.5. The van der Waals surface area contributed by atoms with Crippen molar-refractivity contribution in [3.05, 3.63) is 24.0 Å². The van der Waals surface area contributed by atoms with E-state index in [0.717, 1.165) is 19.4 Å². The summed E-state index contributed by atoms with van der Waals surface area (Å²) in [4.78, 5) is 3.86. The molecule has 1 aliphatic heterocycles. The average molecular weight is 204 g/mol. The molecule has 78 valence electrons. The molecule has 1 saturated heterocycles. The van der Waals surface area contributed by atoms with Gasteiger partial charge >= 0.3 is 0 Å². The van der Waals surface area contributed by atoms with Gasteiger partial charge in [0.05, 0.1) is 6.10 Å². The van der Waals surface area contributed by atoms with E-state index in [-0.39, 0.29) is 6.10 Å². The lowest BCUT2D eigenvalue weighted by Gasteiger charge is -2.11. The van der Waals surface area contributed by atoms with Crippen LogP contribution in [0.3, 0.4) is 0 Å². The molecule has 1 aliphatic rings. The molecule has 0 radical (unpaired) electrons. The van der Waals surface area contributed by atoms with Crippen LogP contribution in [0.4, 0.5) is 0 Å². The first-order valence-corrected chi connectivity index (χ1v) is 4.98. The second-order valence-electron chi connectivity index (χ2n) is 3.43. The molecule has 0 N–H and O–H groups in total. The number of aromatic nitrogens is 1. The molecule has 1 atom stereocenters. The predicted octanol–water partition coefficient (Wildman–Crippen LogP) is 1.51. The standard InChI is InChI=1S/C11H12N2O2/c12-6-9-7-13-4-3-11(9)15-8-10-2-1-5-14-10/h3-4,7,10H,1-2,5,8H2. The summed E-state index contributed by atoms with van der Waals surface area (Å²) in [5.74, 6) is 0.586. The summed E-state index contributed by atoms with van der Waals surface area (Å²) in [5, 5.41) is 8.81. The molecule has 0 amide bonds. The molecule has 4 nitrogen and oxygen atoms in total. The third-order valence-corrected chi connectivity index (χ3v) is 2.35. The lowest BCUT2D eigenvalue weighted by atomic mass is 10.2. The van der Waals surface area contributed by atoms with Crippen LogP contribution in [0.2, 0.25) is 0 Å². The highest BCUT2D eigenvalue weighted by Gasteiger charge is 2.16.